The smallest absolute Gasteiger partial charge is 0.252 e. The summed E-state index contributed by atoms with van der Waals surface area (Å²) in [4.78, 5) is 14.6. The summed E-state index contributed by atoms with van der Waals surface area (Å²) in [5.74, 6) is -0.151. The van der Waals surface area contributed by atoms with E-state index in [2.05, 4.69) is 15.5 Å². The third-order valence-corrected chi connectivity index (χ3v) is 5.30. The Balaban J connectivity index is 1.81. The van der Waals surface area contributed by atoms with Crippen molar-refractivity contribution in [2.45, 2.75) is 6.04 Å². The topological polar surface area (TPSA) is 101 Å². The monoisotopic (exact) mass is 350 g/mol. The average molecular weight is 350 g/mol. The molecular weight excluding hydrogens is 332 g/mol. The van der Waals surface area contributed by atoms with Crippen LogP contribution in [0.2, 0.25) is 0 Å². The van der Waals surface area contributed by atoms with Gasteiger partial charge in [0.05, 0.1) is 6.26 Å². The van der Waals surface area contributed by atoms with Crippen LogP contribution in [0, 0.1) is 0 Å². The lowest BCUT2D eigenvalue weighted by Crippen LogP contribution is -2.52. The zero-order valence-electron chi connectivity index (χ0n) is 13.2. The molecule has 0 saturated carbocycles. The van der Waals surface area contributed by atoms with E-state index in [0.29, 0.717) is 26.2 Å². The fourth-order valence-electron chi connectivity index (χ4n) is 2.74. The molecule has 2 heterocycles. The molecule has 1 aliphatic rings. The Morgan fingerprint density at radius 3 is 2.33 bits per heavy atom. The number of hydrogen-bond donors (Lipinski definition) is 0. The summed E-state index contributed by atoms with van der Waals surface area (Å²) in [6, 6.07) is 8.60. The molecule has 24 heavy (non-hydrogen) atoms. The van der Waals surface area contributed by atoms with Crippen molar-refractivity contribution < 1.29 is 13.2 Å². The first-order valence-corrected chi connectivity index (χ1v) is 9.33. The number of benzene rings is 1. The van der Waals surface area contributed by atoms with Crippen molar-refractivity contribution in [3.63, 3.8) is 0 Å². The van der Waals surface area contributed by atoms with Gasteiger partial charge in [0, 0.05) is 26.2 Å². The number of aromatic nitrogens is 4. The third kappa shape index (κ3) is 3.44. The molecule has 0 aliphatic carbocycles. The zero-order valence-corrected chi connectivity index (χ0v) is 14.0. The van der Waals surface area contributed by atoms with Crippen molar-refractivity contribution in [1.82, 2.24) is 29.4 Å². The summed E-state index contributed by atoms with van der Waals surface area (Å²) in [7, 11) is -3.23. The minimum atomic E-state index is -3.23. The van der Waals surface area contributed by atoms with Crippen LogP contribution in [-0.2, 0) is 14.8 Å². The van der Waals surface area contributed by atoms with Gasteiger partial charge in [-0.25, -0.2) is 13.1 Å². The number of carbonyl (C=O) groups is 1. The summed E-state index contributed by atoms with van der Waals surface area (Å²) < 4.78 is 26.0. The lowest BCUT2D eigenvalue weighted by atomic mass is 10.1. The first kappa shape index (κ1) is 16.5. The molecule has 1 aliphatic heterocycles. The molecule has 1 atom stereocenters. The van der Waals surface area contributed by atoms with Crippen LogP contribution in [0.1, 0.15) is 11.6 Å². The van der Waals surface area contributed by atoms with Crippen LogP contribution >= 0.6 is 0 Å². The lowest BCUT2D eigenvalue weighted by Gasteiger charge is -2.35. The van der Waals surface area contributed by atoms with Gasteiger partial charge in [-0.05, 0) is 16.0 Å². The highest BCUT2D eigenvalue weighted by molar-refractivity contribution is 7.88. The van der Waals surface area contributed by atoms with Crippen molar-refractivity contribution in [2.24, 2.45) is 0 Å². The fourth-order valence-corrected chi connectivity index (χ4v) is 3.57. The van der Waals surface area contributed by atoms with E-state index in [9.17, 15) is 13.2 Å². The van der Waals surface area contributed by atoms with Gasteiger partial charge in [-0.15, -0.1) is 5.10 Å². The second kappa shape index (κ2) is 6.65. The molecule has 1 saturated heterocycles. The molecule has 2 aromatic rings. The Morgan fingerprint density at radius 2 is 1.79 bits per heavy atom. The number of tetrazole rings is 1. The standard InChI is InChI=1S/C14H18N6O3S/c1-24(22,23)19-9-7-18(8-10-19)14(21)13(20-11-15-16-17-20)12-5-3-2-4-6-12/h2-6,11,13H,7-10H2,1H3/t13-/m0/s1. The predicted molar refractivity (Wildman–Crippen MR) is 85.4 cm³/mol. The van der Waals surface area contributed by atoms with Gasteiger partial charge >= 0.3 is 0 Å². The minimum Gasteiger partial charge on any atom is -0.338 e. The highest BCUT2D eigenvalue weighted by Crippen LogP contribution is 2.21. The number of carbonyl (C=O) groups excluding carboxylic acids is 1. The van der Waals surface area contributed by atoms with Crippen LogP contribution in [0.3, 0.4) is 0 Å². The van der Waals surface area contributed by atoms with E-state index in [-0.39, 0.29) is 5.91 Å². The van der Waals surface area contributed by atoms with Crippen molar-refractivity contribution in [3.8, 4) is 0 Å². The summed E-state index contributed by atoms with van der Waals surface area (Å²) in [6.45, 7) is 1.28. The molecule has 0 spiro atoms. The first-order valence-electron chi connectivity index (χ1n) is 7.48. The first-order chi connectivity index (χ1) is 11.5. The number of nitrogens with zero attached hydrogens (tertiary/aromatic N) is 6. The largest absolute Gasteiger partial charge is 0.338 e. The Morgan fingerprint density at radius 1 is 1.12 bits per heavy atom. The van der Waals surface area contributed by atoms with Crippen LogP contribution < -0.4 is 0 Å². The molecule has 0 unspecified atom stereocenters. The maximum Gasteiger partial charge on any atom is 0.252 e. The van der Waals surface area contributed by atoms with Gasteiger partial charge in [-0.3, -0.25) is 4.79 Å². The molecule has 1 amide bonds. The van der Waals surface area contributed by atoms with E-state index in [4.69, 9.17) is 0 Å². The van der Waals surface area contributed by atoms with Crippen LogP contribution in [0.5, 0.6) is 0 Å². The van der Waals surface area contributed by atoms with E-state index in [0.717, 1.165) is 5.56 Å². The summed E-state index contributed by atoms with van der Waals surface area (Å²) in [5.41, 5.74) is 0.778. The Hall–Kier alpha value is -2.33. The minimum absolute atomic E-state index is 0.151. The summed E-state index contributed by atoms with van der Waals surface area (Å²) >= 11 is 0. The third-order valence-electron chi connectivity index (χ3n) is 4.00. The van der Waals surface area contributed by atoms with E-state index in [1.165, 1.54) is 21.6 Å². The molecule has 1 fully saturated rings. The van der Waals surface area contributed by atoms with Crippen LogP contribution in [0.4, 0.5) is 0 Å². The molecule has 1 aromatic carbocycles. The predicted octanol–water partition coefficient (Wildman–Crippen LogP) is -0.634. The number of amides is 1. The van der Waals surface area contributed by atoms with Crippen LogP contribution in [-0.4, -0.2) is 76.2 Å². The molecule has 128 valence electrons. The summed E-state index contributed by atoms with van der Waals surface area (Å²) in [5, 5.41) is 11.1. The molecular formula is C14H18N6O3S. The fraction of sp³-hybridized carbons (Fsp3) is 0.429. The molecule has 0 radical (unpaired) electrons. The van der Waals surface area contributed by atoms with E-state index < -0.39 is 16.1 Å². The van der Waals surface area contributed by atoms with Gasteiger partial charge < -0.3 is 4.90 Å². The maximum atomic E-state index is 13.0. The van der Waals surface area contributed by atoms with Crippen molar-refractivity contribution in [3.05, 3.63) is 42.2 Å². The van der Waals surface area contributed by atoms with Gasteiger partial charge in [0.1, 0.15) is 6.33 Å². The Labute approximate surface area is 139 Å². The number of hydrogen-bond acceptors (Lipinski definition) is 6. The van der Waals surface area contributed by atoms with Gasteiger partial charge in [0.2, 0.25) is 10.0 Å². The second-order valence-corrected chi connectivity index (χ2v) is 7.57. The van der Waals surface area contributed by atoms with Gasteiger partial charge in [-0.2, -0.15) is 4.31 Å². The van der Waals surface area contributed by atoms with Crippen molar-refractivity contribution >= 4 is 15.9 Å². The number of piperazine rings is 1. The molecule has 9 nitrogen and oxygen atoms in total. The SMILES string of the molecule is CS(=O)(=O)N1CCN(C(=O)[C@H](c2ccccc2)n2cnnn2)CC1. The van der Waals surface area contributed by atoms with Gasteiger partial charge in [0.25, 0.3) is 5.91 Å². The van der Waals surface area contributed by atoms with E-state index >= 15 is 0 Å². The highest BCUT2D eigenvalue weighted by Gasteiger charge is 2.32. The number of sulfonamides is 1. The molecule has 10 heteroatoms. The van der Waals surface area contributed by atoms with Gasteiger partial charge in [0.15, 0.2) is 6.04 Å². The van der Waals surface area contributed by atoms with Gasteiger partial charge in [-0.1, -0.05) is 30.3 Å². The molecule has 0 bridgehead atoms. The van der Waals surface area contributed by atoms with E-state index in [1.54, 1.807) is 4.90 Å². The van der Waals surface area contributed by atoms with E-state index in [1.807, 2.05) is 30.3 Å². The van der Waals surface area contributed by atoms with Crippen molar-refractivity contribution in [1.29, 1.82) is 0 Å². The quantitative estimate of drug-likeness (QED) is 0.727. The molecule has 3 rings (SSSR count). The lowest BCUT2D eigenvalue weighted by molar-refractivity contribution is -0.135. The Kier molecular flexibility index (Phi) is 4.58. The van der Waals surface area contributed by atoms with Crippen LogP contribution in [0.25, 0.3) is 0 Å². The average Bonchev–Trinajstić information content (AvgIpc) is 3.09. The Bertz CT molecular complexity index is 785. The molecule has 0 N–H and O–H groups in total. The zero-order chi connectivity index (χ0) is 17.2. The normalized spacial score (nSPS) is 17.6. The van der Waals surface area contributed by atoms with Crippen LogP contribution in [0.15, 0.2) is 36.7 Å². The summed E-state index contributed by atoms with van der Waals surface area (Å²) in [6.07, 6.45) is 2.58. The van der Waals surface area contributed by atoms with Crippen molar-refractivity contribution in [2.75, 3.05) is 32.4 Å². The molecule has 1 aromatic heterocycles. The highest BCUT2D eigenvalue weighted by atomic mass is 32.2. The number of rotatable bonds is 4. The maximum absolute atomic E-state index is 13.0. The second-order valence-electron chi connectivity index (χ2n) is 5.59.